The molecule has 64 valence electrons. The molecule has 0 saturated carbocycles. The zero-order valence-corrected chi connectivity index (χ0v) is 7.84. The highest BCUT2D eigenvalue weighted by Crippen LogP contribution is 2.23. The number of nitrogens with zero attached hydrogens (tertiary/aromatic N) is 1. The van der Waals surface area contributed by atoms with Crippen LogP contribution in [0.2, 0.25) is 0 Å². The Labute approximate surface area is 79.1 Å². The Bertz CT molecular complexity index is 294. The second-order valence-corrected chi connectivity index (χ2v) is 2.84. The molecule has 0 radical (unpaired) electrons. The molecule has 0 spiro atoms. The summed E-state index contributed by atoms with van der Waals surface area (Å²) in [5.74, 6) is 0. The van der Waals surface area contributed by atoms with Crippen molar-refractivity contribution >= 4 is 24.2 Å². The summed E-state index contributed by atoms with van der Waals surface area (Å²) in [6.45, 7) is 1.02. The number of para-hydroxylation sites is 1. The van der Waals surface area contributed by atoms with E-state index in [1.165, 1.54) is 11.3 Å². The summed E-state index contributed by atoms with van der Waals surface area (Å²) >= 11 is 0. The minimum Gasteiger partial charge on any atom is -0.370 e. The molecule has 0 amide bonds. The number of hydrogen-bond donors (Lipinski definition) is 0. The van der Waals surface area contributed by atoms with Gasteiger partial charge >= 0.3 is 0 Å². The number of halogens is 1. The maximum absolute atomic E-state index is 2.25. The van der Waals surface area contributed by atoms with E-state index in [0.717, 1.165) is 6.54 Å². The number of rotatable bonds is 0. The molecule has 1 aliphatic heterocycles. The van der Waals surface area contributed by atoms with Crippen LogP contribution in [-0.4, -0.2) is 13.6 Å². The first-order chi connectivity index (χ1) is 5.38. The topological polar surface area (TPSA) is 3.24 Å². The minimum atomic E-state index is 0. The molecule has 1 aliphatic rings. The molecule has 1 nitrogen and oxygen atoms in total. The van der Waals surface area contributed by atoms with Crippen LogP contribution < -0.4 is 4.90 Å². The number of benzene rings is 1. The highest BCUT2D eigenvalue weighted by molar-refractivity contribution is 5.85. The smallest absolute Gasteiger partial charge is 0.0439 e. The molecule has 1 heterocycles. The molecule has 0 atom stereocenters. The van der Waals surface area contributed by atoms with Gasteiger partial charge in [-0.3, -0.25) is 0 Å². The maximum atomic E-state index is 2.25. The first-order valence-corrected chi connectivity index (χ1v) is 3.84. The fraction of sp³-hybridized carbons (Fsp3) is 0.200. The third kappa shape index (κ3) is 1.46. The van der Waals surface area contributed by atoms with E-state index in [9.17, 15) is 0 Å². The highest BCUT2D eigenvalue weighted by Gasteiger charge is 2.06. The molecular formula is C10H12ClN. The average molecular weight is 182 g/mol. The van der Waals surface area contributed by atoms with E-state index < -0.39 is 0 Å². The molecule has 0 aromatic heterocycles. The van der Waals surface area contributed by atoms with Crippen LogP contribution >= 0.6 is 12.4 Å². The van der Waals surface area contributed by atoms with Crippen molar-refractivity contribution < 1.29 is 0 Å². The molecule has 0 saturated heterocycles. The van der Waals surface area contributed by atoms with Gasteiger partial charge < -0.3 is 4.90 Å². The van der Waals surface area contributed by atoms with Crippen LogP contribution in [0, 0.1) is 0 Å². The number of fused-ring (bicyclic) bond motifs is 1. The monoisotopic (exact) mass is 181 g/mol. The molecule has 0 aliphatic carbocycles. The number of anilines is 1. The first kappa shape index (κ1) is 9.14. The van der Waals surface area contributed by atoms with Gasteiger partial charge in [0.15, 0.2) is 0 Å². The molecule has 1 aromatic carbocycles. The summed E-state index contributed by atoms with van der Waals surface area (Å²) in [7, 11) is 2.11. The fourth-order valence-corrected chi connectivity index (χ4v) is 1.41. The standard InChI is InChI=1S/C10H11N.ClH/c1-11-8-4-6-9-5-2-3-7-10(9)11;/h2-7H,8H2,1H3;1H. The number of hydrogen-bond acceptors (Lipinski definition) is 1. The molecular weight excluding hydrogens is 170 g/mol. The molecule has 12 heavy (non-hydrogen) atoms. The largest absolute Gasteiger partial charge is 0.370 e. The Morgan fingerprint density at radius 3 is 2.75 bits per heavy atom. The zero-order valence-electron chi connectivity index (χ0n) is 7.03. The summed E-state index contributed by atoms with van der Waals surface area (Å²) in [6, 6.07) is 8.44. The van der Waals surface area contributed by atoms with E-state index in [4.69, 9.17) is 0 Å². The Kier molecular flexibility index (Phi) is 2.77. The van der Waals surface area contributed by atoms with Crippen LogP contribution in [0.15, 0.2) is 30.3 Å². The molecule has 1 aromatic rings. The summed E-state index contributed by atoms with van der Waals surface area (Å²) in [5.41, 5.74) is 2.65. The molecule has 0 fully saturated rings. The average Bonchev–Trinajstić information content (AvgIpc) is 2.06. The molecule has 0 bridgehead atoms. The van der Waals surface area contributed by atoms with Crippen LogP contribution in [0.3, 0.4) is 0 Å². The van der Waals surface area contributed by atoms with Gasteiger partial charge in [-0.1, -0.05) is 30.4 Å². The predicted molar refractivity (Wildman–Crippen MR) is 56.0 cm³/mol. The van der Waals surface area contributed by atoms with Gasteiger partial charge in [-0.05, 0) is 11.6 Å². The molecule has 0 N–H and O–H groups in total. The Hall–Kier alpha value is -0.950. The zero-order chi connectivity index (χ0) is 7.68. The first-order valence-electron chi connectivity index (χ1n) is 3.84. The Morgan fingerprint density at radius 1 is 1.25 bits per heavy atom. The van der Waals surface area contributed by atoms with Crippen molar-refractivity contribution in [1.82, 2.24) is 0 Å². The normalized spacial score (nSPS) is 13.6. The van der Waals surface area contributed by atoms with Gasteiger partial charge in [-0.15, -0.1) is 12.4 Å². The van der Waals surface area contributed by atoms with Gasteiger partial charge in [0.1, 0.15) is 0 Å². The van der Waals surface area contributed by atoms with Crippen molar-refractivity contribution in [2.75, 3.05) is 18.5 Å². The van der Waals surface area contributed by atoms with E-state index >= 15 is 0 Å². The van der Waals surface area contributed by atoms with Gasteiger partial charge in [0.25, 0.3) is 0 Å². The van der Waals surface area contributed by atoms with Crippen LogP contribution in [-0.2, 0) is 0 Å². The van der Waals surface area contributed by atoms with Crippen molar-refractivity contribution in [2.24, 2.45) is 0 Å². The number of likely N-dealkylation sites (N-methyl/N-ethyl adjacent to an activating group) is 1. The molecule has 0 unspecified atom stereocenters. The van der Waals surface area contributed by atoms with Gasteiger partial charge in [-0.25, -0.2) is 0 Å². The van der Waals surface area contributed by atoms with Crippen LogP contribution in [0.1, 0.15) is 5.56 Å². The minimum absolute atomic E-state index is 0. The lowest BCUT2D eigenvalue weighted by atomic mass is 10.1. The molecule has 2 heteroatoms. The van der Waals surface area contributed by atoms with Crippen LogP contribution in [0.5, 0.6) is 0 Å². The van der Waals surface area contributed by atoms with Gasteiger partial charge in [-0.2, -0.15) is 0 Å². The summed E-state index contributed by atoms with van der Waals surface area (Å²) in [6.07, 6.45) is 4.36. The highest BCUT2D eigenvalue weighted by atomic mass is 35.5. The van der Waals surface area contributed by atoms with Crippen molar-refractivity contribution in [1.29, 1.82) is 0 Å². The predicted octanol–water partition coefficient (Wildman–Crippen LogP) is 2.57. The van der Waals surface area contributed by atoms with E-state index in [1.807, 2.05) is 0 Å². The summed E-state index contributed by atoms with van der Waals surface area (Å²) in [5, 5.41) is 0. The van der Waals surface area contributed by atoms with E-state index in [2.05, 4.69) is 48.4 Å². The van der Waals surface area contributed by atoms with Gasteiger partial charge in [0, 0.05) is 19.3 Å². The summed E-state index contributed by atoms with van der Waals surface area (Å²) in [4.78, 5) is 2.25. The van der Waals surface area contributed by atoms with Gasteiger partial charge in [0.2, 0.25) is 0 Å². The van der Waals surface area contributed by atoms with E-state index in [1.54, 1.807) is 0 Å². The second kappa shape index (κ2) is 3.63. The van der Waals surface area contributed by atoms with Crippen molar-refractivity contribution in [3.05, 3.63) is 35.9 Å². The lowest BCUT2D eigenvalue weighted by Crippen LogP contribution is -2.19. The summed E-state index contributed by atoms with van der Waals surface area (Å²) < 4.78 is 0. The van der Waals surface area contributed by atoms with Crippen molar-refractivity contribution in [3.63, 3.8) is 0 Å². The van der Waals surface area contributed by atoms with Crippen LogP contribution in [0.25, 0.3) is 6.08 Å². The lowest BCUT2D eigenvalue weighted by molar-refractivity contribution is 1.02. The van der Waals surface area contributed by atoms with Crippen molar-refractivity contribution in [3.8, 4) is 0 Å². The maximum Gasteiger partial charge on any atom is 0.0439 e. The fourth-order valence-electron chi connectivity index (χ4n) is 1.41. The van der Waals surface area contributed by atoms with E-state index in [-0.39, 0.29) is 12.4 Å². The quantitative estimate of drug-likeness (QED) is 0.595. The third-order valence-electron chi connectivity index (χ3n) is 2.02. The second-order valence-electron chi connectivity index (χ2n) is 2.84. The van der Waals surface area contributed by atoms with Crippen LogP contribution in [0.4, 0.5) is 5.69 Å². The van der Waals surface area contributed by atoms with Gasteiger partial charge in [0.05, 0.1) is 0 Å². The Morgan fingerprint density at radius 2 is 2.00 bits per heavy atom. The lowest BCUT2D eigenvalue weighted by Gasteiger charge is -2.22. The SMILES string of the molecule is CN1CC=Cc2ccccc21.Cl. The van der Waals surface area contributed by atoms with Crippen molar-refractivity contribution in [2.45, 2.75) is 0 Å². The third-order valence-corrected chi connectivity index (χ3v) is 2.02. The van der Waals surface area contributed by atoms with E-state index in [0.29, 0.717) is 0 Å². The Balaban J connectivity index is 0.000000720. The molecule has 2 rings (SSSR count).